The number of aromatic nitrogens is 1. The molecule has 1 unspecified atom stereocenters. The van der Waals surface area contributed by atoms with Gasteiger partial charge in [0.25, 0.3) is 0 Å². The zero-order valence-electron chi connectivity index (χ0n) is 11.1. The minimum Gasteiger partial charge on any atom is -0.485 e. The molecule has 1 aromatic carbocycles. The average Bonchev–Trinajstić information content (AvgIpc) is 2.48. The normalized spacial score (nSPS) is 17.7. The van der Waals surface area contributed by atoms with Crippen molar-refractivity contribution in [3.05, 3.63) is 54.2 Å². The number of pyridine rings is 1. The van der Waals surface area contributed by atoms with E-state index in [2.05, 4.69) is 41.1 Å². The first kappa shape index (κ1) is 12.0. The smallest absolute Gasteiger partial charge is 0.171 e. The molecular weight excluding hydrogens is 236 g/mol. The Morgan fingerprint density at radius 1 is 1.21 bits per heavy atom. The highest BCUT2D eigenvalue weighted by Crippen LogP contribution is 2.32. The summed E-state index contributed by atoms with van der Waals surface area (Å²) in [5.74, 6) is 1.85. The van der Waals surface area contributed by atoms with Crippen molar-refractivity contribution in [2.45, 2.75) is 26.0 Å². The minimum absolute atomic E-state index is 0.250. The van der Waals surface area contributed by atoms with Crippen LogP contribution in [-0.4, -0.2) is 17.6 Å². The fraction of sp³-hybridized carbons (Fsp3) is 0.312. The van der Waals surface area contributed by atoms with E-state index in [0.29, 0.717) is 0 Å². The van der Waals surface area contributed by atoms with Gasteiger partial charge in [-0.25, -0.2) is 4.98 Å². The molecule has 1 aromatic heterocycles. The van der Waals surface area contributed by atoms with Crippen LogP contribution in [-0.2, 0) is 6.54 Å². The van der Waals surface area contributed by atoms with Crippen LogP contribution in [0.1, 0.15) is 18.9 Å². The number of anilines is 1. The second-order valence-electron chi connectivity index (χ2n) is 4.84. The van der Waals surface area contributed by atoms with Crippen LogP contribution in [0.25, 0.3) is 0 Å². The highest BCUT2D eigenvalue weighted by atomic mass is 16.5. The summed E-state index contributed by atoms with van der Waals surface area (Å²) >= 11 is 0. The Labute approximate surface area is 113 Å². The van der Waals surface area contributed by atoms with Crippen molar-refractivity contribution in [1.82, 2.24) is 4.98 Å². The molecule has 0 fully saturated rings. The van der Waals surface area contributed by atoms with Gasteiger partial charge < -0.3 is 9.64 Å². The van der Waals surface area contributed by atoms with Crippen LogP contribution in [0.5, 0.6) is 5.75 Å². The van der Waals surface area contributed by atoms with Gasteiger partial charge in [0.05, 0.1) is 6.54 Å². The van der Waals surface area contributed by atoms with Crippen molar-refractivity contribution in [2.24, 2.45) is 0 Å². The van der Waals surface area contributed by atoms with Crippen LogP contribution in [0.4, 0.5) is 5.82 Å². The van der Waals surface area contributed by atoms with Gasteiger partial charge in [0.15, 0.2) is 11.6 Å². The number of rotatable bonds is 3. The Kier molecular flexibility index (Phi) is 3.36. The van der Waals surface area contributed by atoms with Gasteiger partial charge in [0, 0.05) is 12.7 Å². The SMILES string of the molecule is CCC1CN(Cc2ccccc2)c2ncccc2O1. The van der Waals surface area contributed by atoms with Gasteiger partial charge in [-0.2, -0.15) is 0 Å². The molecule has 0 saturated heterocycles. The third-order valence-electron chi connectivity index (χ3n) is 3.44. The maximum absolute atomic E-state index is 5.94. The summed E-state index contributed by atoms with van der Waals surface area (Å²) in [5, 5.41) is 0. The first-order valence-corrected chi connectivity index (χ1v) is 6.77. The Morgan fingerprint density at radius 3 is 2.84 bits per heavy atom. The number of benzene rings is 1. The van der Waals surface area contributed by atoms with Gasteiger partial charge in [-0.3, -0.25) is 0 Å². The van der Waals surface area contributed by atoms with Crippen molar-refractivity contribution in [2.75, 3.05) is 11.4 Å². The number of fused-ring (bicyclic) bond motifs is 1. The molecule has 3 nitrogen and oxygen atoms in total. The molecular formula is C16H18N2O. The maximum Gasteiger partial charge on any atom is 0.171 e. The van der Waals surface area contributed by atoms with Gasteiger partial charge in [-0.15, -0.1) is 0 Å². The van der Waals surface area contributed by atoms with Crippen molar-refractivity contribution in [3.8, 4) is 5.75 Å². The number of hydrogen-bond acceptors (Lipinski definition) is 3. The average molecular weight is 254 g/mol. The predicted octanol–water partition coefficient (Wildman–Crippen LogP) is 3.26. The molecule has 0 radical (unpaired) electrons. The Balaban J connectivity index is 1.88. The lowest BCUT2D eigenvalue weighted by molar-refractivity contribution is 0.187. The highest BCUT2D eigenvalue weighted by Gasteiger charge is 2.25. The lowest BCUT2D eigenvalue weighted by Gasteiger charge is -2.34. The molecule has 0 bridgehead atoms. The molecule has 1 atom stereocenters. The Hall–Kier alpha value is -2.03. The van der Waals surface area contributed by atoms with E-state index in [0.717, 1.165) is 31.1 Å². The van der Waals surface area contributed by atoms with E-state index in [4.69, 9.17) is 4.74 Å². The molecule has 0 spiro atoms. The topological polar surface area (TPSA) is 25.4 Å². The van der Waals surface area contributed by atoms with Gasteiger partial charge >= 0.3 is 0 Å². The zero-order valence-corrected chi connectivity index (χ0v) is 11.1. The Morgan fingerprint density at radius 2 is 2.05 bits per heavy atom. The summed E-state index contributed by atoms with van der Waals surface area (Å²) in [6.45, 7) is 3.94. The molecule has 19 heavy (non-hydrogen) atoms. The third kappa shape index (κ3) is 2.55. The fourth-order valence-corrected chi connectivity index (χ4v) is 2.42. The minimum atomic E-state index is 0.250. The second-order valence-corrected chi connectivity index (χ2v) is 4.84. The van der Waals surface area contributed by atoms with Crippen LogP contribution in [0.2, 0.25) is 0 Å². The van der Waals surface area contributed by atoms with Crippen molar-refractivity contribution < 1.29 is 4.74 Å². The number of nitrogens with zero attached hydrogens (tertiary/aromatic N) is 2. The first-order chi connectivity index (χ1) is 9.36. The largest absolute Gasteiger partial charge is 0.485 e. The summed E-state index contributed by atoms with van der Waals surface area (Å²) in [5.41, 5.74) is 1.30. The van der Waals surface area contributed by atoms with Crippen LogP contribution in [0.15, 0.2) is 48.7 Å². The molecule has 3 rings (SSSR count). The van der Waals surface area contributed by atoms with Crippen LogP contribution >= 0.6 is 0 Å². The molecule has 0 aliphatic carbocycles. The van der Waals surface area contributed by atoms with Gasteiger partial charge in [0.2, 0.25) is 0 Å². The molecule has 0 N–H and O–H groups in total. The summed E-state index contributed by atoms with van der Waals surface area (Å²) in [7, 11) is 0. The molecule has 0 amide bonds. The monoisotopic (exact) mass is 254 g/mol. The molecule has 0 saturated carbocycles. The van der Waals surface area contributed by atoms with E-state index in [-0.39, 0.29) is 6.10 Å². The molecule has 3 heteroatoms. The van der Waals surface area contributed by atoms with E-state index < -0.39 is 0 Å². The fourth-order valence-electron chi connectivity index (χ4n) is 2.42. The summed E-state index contributed by atoms with van der Waals surface area (Å²) in [6.07, 6.45) is 3.09. The summed E-state index contributed by atoms with van der Waals surface area (Å²) in [6, 6.07) is 14.4. The summed E-state index contributed by atoms with van der Waals surface area (Å²) in [4.78, 5) is 6.77. The molecule has 1 aliphatic rings. The van der Waals surface area contributed by atoms with E-state index in [1.165, 1.54) is 5.56 Å². The zero-order chi connectivity index (χ0) is 13.1. The lowest BCUT2D eigenvalue weighted by atomic mass is 10.1. The van der Waals surface area contributed by atoms with Gasteiger partial charge in [-0.05, 0) is 24.1 Å². The molecule has 1 aliphatic heterocycles. The van der Waals surface area contributed by atoms with Crippen molar-refractivity contribution >= 4 is 5.82 Å². The third-order valence-corrected chi connectivity index (χ3v) is 3.44. The van der Waals surface area contributed by atoms with E-state index >= 15 is 0 Å². The lowest BCUT2D eigenvalue weighted by Crippen LogP contribution is -2.39. The summed E-state index contributed by atoms with van der Waals surface area (Å²) < 4.78 is 5.94. The van der Waals surface area contributed by atoms with Crippen LogP contribution < -0.4 is 9.64 Å². The number of hydrogen-bond donors (Lipinski definition) is 0. The molecule has 98 valence electrons. The first-order valence-electron chi connectivity index (χ1n) is 6.77. The molecule has 2 aromatic rings. The van der Waals surface area contributed by atoms with Gasteiger partial charge in [0.1, 0.15) is 6.10 Å². The van der Waals surface area contributed by atoms with Crippen molar-refractivity contribution in [1.29, 1.82) is 0 Å². The van der Waals surface area contributed by atoms with E-state index in [1.54, 1.807) is 0 Å². The highest BCUT2D eigenvalue weighted by molar-refractivity contribution is 5.54. The van der Waals surface area contributed by atoms with Gasteiger partial charge in [-0.1, -0.05) is 37.3 Å². The maximum atomic E-state index is 5.94. The van der Waals surface area contributed by atoms with Crippen molar-refractivity contribution in [3.63, 3.8) is 0 Å². The quantitative estimate of drug-likeness (QED) is 0.840. The van der Waals surface area contributed by atoms with E-state index in [9.17, 15) is 0 Å². The molecule has 2 heterocycles. The van der Waals surface area contributed by atoms with Crippen LogP contribution in [0.3, 0.4) is 0 Å². The predicted molar refractivity (Wildman–Crippen MR) is 76.4 cm³/mol. The standard InChI is InChI=1S/C16H18N2O/c1-2-14-12-18(11-13-7-4-3-5-8-13)16-15(19-14)9-6-10-17-16/h3-10,14H,2,11-12H2,1H3. The second kappa shape index (κ2) is 5.31. The Bertz CT molecular complexity index is 541. The van der Waals surface area contributed by atoms with E-state index in [1.807, 2.05) is 24.4 Å². The number of ether oxygens (including phenoxy) is 1. The van der Waals surface area contributed by atoms with Crippen LogP contribution in [0, 0.1) is 0 Å².